The van der Waals surface area contributed by atoms with Crippen LogP contribution in [0.5, 0.6) is 0 Å². The van der Waals surface area contributed by atoms with Gasteiger partial charge in [-0.2, -0.15) is 0 Å². The molecule has 2 heterocycles. The minimum Gasteiger partial charge on any atom is -0.354 e. The highest BCUT2D eigenvalue weighted by atomic mass is 79.9. The number of nitrogens with zero attached hydrogens (tertiary/aromatic N) is 3. The van der Waals surface area contributed by atoms with Gasteiger partial charge in [0.05, 0.1) is 29.1 Å². The van der Waals surface area contributed by atoms with Crippen molar-refractivity contribution in [2.24, 2.45) is 0 Å². The maximum atomic E-state index is 12.5. The predicted octanol–water partition coefficient (Wildman–Crippen LogP) is 1.70. The minimum absolute atomic E-state index is 0.110. The van der Waals surface area contributed by atoms with E-state index in [0.29, 0.717) is 16.6 Å². The van der Waals surface area contributed by atoms with Crippen LogP contribution in [0, 0.1) is 0 Å². The van der Waals surface area contributed by atoms with Gasteiger partial charge in [0.1, 0.15) is 6.54 Å². The lowest BCUT2D eigenvalue weighted by Gasteiger charge is -2.08. The Hall–Kier alpha value is -3.07. The van der Waals surface area contributed by atoms with Crippen molar-refractivity contribution in [3.05, 3.63) is 63.9 Å². The molecule has 0 fully saturated rings. The van der Waals surface area contributed by atoms with Gasteiger partial charge in [0, 0.05) is 23.6 Å². The number of hydrogen-bond acceptors (Lipinski definition) is 5. The number of fused-ring (bicyclic) bond motifs is 1. The van der Waals surface area contributed by atoms with Gasteiger partial charge in [-0.05, 0) is 30.3 Å². The molecule has 0 spiro atoms. The third kappa shape index (κ3) is 4.98. The van der Waals surface area contributed by atoms with Crippen LogP contribution < -0.4 is 16.2 Å². The zero-order valence-corrected chi connectivity index (χ0v) is 15.8. The molecule has 0 aliphatic rings. The van der Waals surface area contributed by atoms with Crippen LogP contribution in [0.15, 0.2) is 58.3 Å². The van der Waals surface area contributed by atoms with Crippen molar-refractivity contribution in [3.63, 3.8) is 0 Å². The summed E-state index contributed by atoms with van der Waals surface area (Å²) < 4.78 is 2.00. The van der Waals surface area contributed by atoms with E-state index in [-0.39, 0.29) is 36.9 Å². The second-order valence-corrected chi connectivity index (χ2v) is 6.64. The van der Waals surface area contributed by atoms with E-state index >= 15 is 0 Å². The second-order valence-electron chi connectivity index (χ2n) is 5.73. The summed E-state index contributed by atoms with van der Waals surface area (Å²) in [6.45, 7) is -0.00918. The highest BCUT2D eigenvalue weighted by Gasteiger charge is 2.09. The van der Waals surface area contributed by atoms with Crippen molar-refractivity contribution in [3.8, 4) is 0 Å². The van der Waals surface area contributed by atoms with Crippen molar-refractivity contribution in [1.82, 2.24) is 19.9 Å². The SMILES string of the molecule is O=C(Cn1cnc2ccc(Br)cc2c1=O)NCCC(=O)Nc1cccnc1. The molecule has 3 aromatic rings. The van der Waals surface area contributed by atoms with E-state index in [1.54, 1.807) is 36.5 Å². The highest BCUT2D eigenvalue weighted by Crippen LogP contribution is 2.14. The maximum absolute atomic E-state index is 12.5. The first kappa shape index (κ1) is 18.7. The van der Waals surface area contributed by atoms with Crippen LogP contribution in [0.1, 0.15) is 6.42 Å². The van der Waals surface area contributed by atoms with Gasteiger partial charge >= 0.3 is 0 Å². The molecule has 8 nitrogen and oxygen atoms in total. The molecule has 3 rings (SSSR count). The van der Waals surface area contributed by atoms with Crippen molar-refractivity contribution in [2.45, 2.75) is 13.0 Å². The summed E-state index contributed by atoms with van der Waals surface area (Å²) in [5.41, 5.74) is 0.853. The summed E-state index contributed by atoms with van der Waals surface area (Å²) in [7, 11) is 0. The number of rotatable bonds is 6. The van der Waals surface area contributed by atoms with Crippen molar-refractivity contribution >= 4 is 44.3 Å². The molecule has 0 radical (unpaired) electrons. The van der Waals surface area contributed by atoms with E-state index in [0.717, 1.165) is 4.47 Å². The molecule has 9 heteroatoms. The molecule has 0 aliphatic heterocycles. The normalized spacial score (nSPS) is 10.6. The molecule has 0 atom stereocenters. The van der Waals surface area contributed by atoms with Crippen LogP contribution >= 0.6 is 15.9 Å². The molecule has 0 aliphatic carbocycles. The van der Waals surface area contributed by atoms with Crippen molar-refractivity contribution in [2.75, 3.05) is 11.9 Å². The molecular weight excluding hydrogens is 414 g/mol. The van der Waals surface area contributed by atoms with E-state index in [1.165, 1.54) is 17.1 Å². The third-order valence-corrected chi connectivity index (χ3v) is 4.21. The first-order valence-corrected chi connectivity index (χ1v) is 8.93. The molecule has 2 aromatic heterocycles. The molecule has 0 saturated heterocycles. The Morgan fingerprint density at radius 2 is 2.04 bits per heavy atom. The average Bonchev–Trinajstić information content (AvgIpc) is 2.65. The van der Waals surface area contributed by atoms with Crippen LogP contribution in [0.2, 0.25) is 0 Å². The first-order valence-electron chi connectivity index (χ1n) is 8.14. The fourth-order valence-corrected chi connectivity index (χ4v) is 2.79. The van der Waals surface area contributed by atoms with E-state index in [1.807, 2.05) is 0 Å². The maximum Gasteiger partial charge on any atom is 0.261 e. The van der Waals surface area contributed by atoms with Gasteiger partial charge in [0.25, 0.3) is 5.56 Å². The molecule has 2 N–H and O–H groups in total. The van der Waals surface area contributed by atoms with Gasteiger partial charge in [-0.15, -0.1) is 0 Å². The Labute approximate surface area is 162 Å². The average molecular weight is 430 g/mol. The van der Waals surface area contributed by atoms with Gasteiger partial charge < -0.3 is 10.6 Å². The number of halogens is 1. The molecule has 2 amide bonds. The molecule has 0 saturated carbocycles. The van der Waals surface area contributed by atoms with E-state index in [9.17, 15) is 14.4 Å². The summed E-state index contributed by atoms with van der Waals surface area (Å²) in [5.74, 6) is -0.611. The summed E-state index contributed by atoms with van der Waals surface area (Å²) in [6, 6.07) is 8.63. The fourth-order valence-electron chi connectivity index (χ4n) is 2.43. The van der Waals surface area contributed by atoms with E-state index < -0.39 is 0 Å². The standard InChI is InChI=1S/C18H16BrN5O3/c19-12-3-4-15-14(8-12)18(27)24(11-22-15)10-17(26)21-7-5-16(25)23-13-2-1-6-20-9-13/h1-4,6,8-9,11H,5,7,10H2,(H,21,26)(H,23,25). The number of pyridine rings is 1. The Morgan fingerprint density at radius 3 is 2.81 bits per heavy atom. The summed E-state index contributed by atoms with van der Waals surface area (Å²) in [6.07, 6.45) is 4.60. The Balaban J connectivity index is 1.54. The molecule has 1 aromatic carbocycles. The van der Waals surface area contributed by atoms with Gasteiger partial charge in [-0.3, -0.25) is 23.9 Å². The topological polar surface area (TPSA) is 106 Å². The number of benzene rings is 1. The van der Waals surface area contributed by atoms with E-state index in [2.05, 4.69) is 36.5 Å². The summed E-state index contributed by atoms with van der Waals surface area (Å²) in [4.78, 5) is 44.4. The van der Waals surface area contributed by atoms with E-state index in [4.69, 9.17) is 0 Å². The number of amides is 2. The lowest BCUT2D eigenvalue weighted by atomic mass is 10.2. The molecule has 138 valence electrons. The van der Waals surface area contributed by atoms with Crippen LogP contribution in [-0.2, 0) is 16.1 Å². The largest absolute Gasteiger partial charge is 0.354 e. The quantitative estimate of drug-likeness (QED) is 0.620. The Morgan fingerprint density at radius 1 is 1.19 bits per heavy atom. The van der Waals surface area contributed by atoms with Crippen molar-refractivity contribution < 1.29 is 9.59 Å². The van der Waals surface area contributed by atoms with Gasteiger partial charge in [0.2, 0.25) is 11.8 Å². The number of aromatic nitrogens is 3. The zero-order chi connectivity index (χ0) is 19.2. The van der Waals surface area contributed by atoms with Crippen molar-refractivity contribution in [1.29, 1.82) is 0 Å². The number of anilines is 1. The zero-order valence-electron chi connectivity index (χ0n) is 14.2. The Bertz CT molecular complexity index is 1040. The fraction of sp³-hybridized carbons (Fsp3) is 0.167. The van der Waals surface area contributed by atoms with Crippen LogP contribution in [0.3, 0.4) is 0 Å². The molecule has 0 bridgehead atoms. The highest BCUT2D eigenvalue weighted by molar-refractivity contribution is 9.10. The smallest absolute Gasteiger partial charge is 0.261 e. The first-order chi connectivity index (χ1) is 13.0. The van der Waals surface area contributed by atoms with Crippen LogP contribution in [0.4, 0.5) is 5.69 Å². The third-order valence-electron chi connectivity index (χ3n) is 3.72. The van der Waals surface area contributed by atoms with Gasteiger partial charge in [-0.25, -0.2) is 4.98 Å². The lowest BCUT2D eigenvalue weighted by molar-refractivity contribution is -0.121. The number of hydrogen-bond donors (Lipinski definition) is 2. The molecular formula is C18H16BrN5O3. The number of carbonyl (C=O) groups is 2. The molecule has 0 unspecified atom stereocenters. The second kappa shape index (κ2) is 8.54. The van der Waals surface area contributed by atoms with Gasteiger partial charge in [-0.1, -0.05) is 15.9 Å². The monoisotopic (exact) mass is 429 g/mol. The molecule has 27 heavy (non-hydrogen) atoms. The minimum atomic E-state index is -0.373. The predicted molar refractivity (Wildman–Crippen MR) is 104 cm³/mol. The Kier molecular flexibility index (Phi) is 5.92. The van der Waals surface area contributed by atoms with Crippen LogP contribution in [0.25, 0.3) is 10.9 Å². The van der Waals surface area contributed by atoms with Crippen LogP contribution in [-0.4, -0.2) is 32.9 Å². The summed E-state index contributed by atoms with van der Waals surface area (Å²) >= 11 is 3.32. The number of nitrogens with one attached hydrogen (secondary N) is 2. The summed E-state index contributed by atoms with van der Waals surface area (Å²) in [5, 5.41) is 5.73. The number of carbonyl (C=O) groups excluding carboxylic acids is 2. The lowest BCUT2D eigenvalue weighted by Crippen LogP contribution is -2.34. The van der Waals surface area contributed by atoms with Gasteiger partial charge in [0.15, 0.2) is 0 Å².